The molecule has 0 aliphatic carbocycles. The number of hydrogen-bond donors (Lipinski definition) is 1. The lowest BCUT2D eigenvalue weighted by atomic mass is 9.92. The summed E-state index contributed by atoms with van der Waals surface area (Å²) in [5.74, 6) is 0. The van der Waals surface area contributed by atoms with Crippen LogP contribution >= 0.6 is 0 Å². The van der Waals surface area contributed by atoms with Gasteiger partial charge in [-0.3, -0.25) is 4.68 Å². The monoisotopic (exact) mass is 250 g/mol. The SMILES string of the molecule is Cn1cc(CC(C)(O)CCCC(F)(F)F)cn1. The van der Waals surface area contributed by atoms with E-state index in [0.717, 1.165) is 5.56 Å². The van der Waals surface area contributed by atoms with Crippen LogP contribution in [-0.2, 0) is 13.5 Å². The predicted octanol–water partition coefficient (Wildman–Crippen LogP) is 2.45. The fraction of sp³-hybridized carbons (Fsp3) is 0.727. The second kappa shape index (κ2) is 5.08. The summed E-state index contributed by atoms with van der Waals surface area (Å²) in [6, 6.07) is 0. The maximum atomic E-state index is 12.0. The van der Waals surface area contributed by atoms with Gasteiger partial charge in [-0.1, -0.05) is 0 Å². The third kappa shape index (κ3) is 5.72. The highest BCUT2D eigenvalue weighted by atomic mass is 19.4. The molecule has 1 rings (SSSR count). The lowest BCUT2D eigenvalue weighted by molar-refractivity contribution is -0.137. The van der Waals surface area contributed by atoms with E-state index >= 15 is 0 Å². The molecule has 0 amide bonds. The first-order valence-electron chi connectivity index (χ1n) is 5.45. The van der Waals surface area contributed by atoms with Crippen molar-refractivity contribution in [1.29, 1.82) is 0 Å². The number of halogens is 3. The van der Waals surface area contributed by atoms with E-state index in [9.17, 15) is 18.3 Å². The average molecular weight is 250 g/mol. The van der Waals surface area contributed by atoms with E-state index in [1.165, 1.54) is 0 Å². The molecule has 0 fully saturated rings. The highest BCUT2D eigenvalue weighted by Crippen LogP contribution is 2.26. The lowest BCUT2D eigenvalue weighted by Gasteiger charge is -2.22. The van der Waals surface area contributed by atoms with Crippen LogP contribution in [0.5, 0.6) is 0 Å². The van der Waals surface area contributed by atoms with Crippen LogP contribution in [-0.4, -0.2) is 26.7 Å². The van der Waals surface area contributed by atoms with Crippen molar-refractivity contribution in [2.75, 3.05) is 0 Å². The van der Waals surface area contributed by atoms with Crippen LogP contribution in [0.1, 0.15) is 31.7 Å². The van der Waals surface area contributed by atoms with Crippen molar-refractivity contribution in [3.05, 3.63) is 18.0 Å². The van der Waals surface area contributed by atoms with Crippen molar-refractivity contribution in [3.63, 3.8) is 0 Å². The molecule has 0 aliphatic heterocycles. The van der Waals surface area contributed by atoms with E-state index < -0.39 is 18.2 Å². The van der Waals surface area contributed by atoms with Crippen LogP contribution in [0, 0.1) is 0 Å². The van der Waals surface area contributed by atoms with Gasteiger partial charge in [0.05, 0.1) is 11.8 Å². The fourth-order valence-corrected chi connectivity index (χ4v) is 1.76. The second-order valence-electron chi connectivity index (χ2n) is 4.66. The third-order valence-electron chi connectivity index (χ3n) is 2.52. The van der Waals surface area contributed by atoms with E-state index in [1.54, 1.807) is 31.0 Å². The molecular weight excluding hydrogens is 233 g/mol. The van der Waals surface area contributed by atoms with Gasteiger partial charge in [-0.2, -0.15) is 18.3 Å². The Hall–Kier alpha value is -1.04. The summed E-state index contributed by atoms with van der Waals surface area (Å²) >= 11 is 0. The molecule has 1 atom stereocenters. The van der Waals surface area contributed by atoms with Crippen molar-refractivity contribution in [3.8, 4) is 0 Å². The molecule has 1 aromatic heterocycles. The van der Waals surface area contributed by atoms with Gasteiger partial charge in [-0.05, 0) is 25.3 Å². The van der Waals surface area contributed by atoms with Gasteiger partial charge in [0.25, 0.3) is 0 Å². The molecular formula is C11H17F3N2O. The molecule has 3 nitrogen and oxygen atoms in total. The van der Waals surface area contributed by atoms with Crippen molar-refractivity contribution in [2.24, 2.45) is 7.05 Å². The molecule has 0 saturated carbocycles. The van der Waals surface area contributed by atoms with Crippen LogP contribution in [0.2, 0.25) is 0 Å². The van der Waals surface area contributed by atoms with Gasteiger partial charge in [0, 0.05) is 26.1 Å². The van der Waals surface area contributed by atoms with E-state index in [4.69, 9.17) is 0 Å². The fourth-order valence-electron chi connectivity index (χ4n) is 1.76. The Morgan fingerprint density at radius 2 is 2.00 bits per heavy atom. The normalized spacial score (nSPS) is 15.9. The molecule has 1 N–H and O–H groups in total. The molecule has 0 spiro atoms. The standard InChI is InChI=1S/C11H17F3N2O/c1-10(17,4-3-5-11(12,13)14)6-9-7-15-16(2)8-9/h7-8,17H,3-6H2,1-2H3. The lowest BCUT2D eigenvalue weighted by Crippen LogP contribution is -2.27. The molecule has 1 unspecified atom stereocenters. The van der Waals surface area contributed by atoms with E-state index in [-0.39, 0.29) is 12.8 Å². The van der Waals surface area contributed by atoms with Crippen LogP contribution in [0.15, 0.2) is 12.4 Å². The molecule has 98 valence electrons. The highest BCUT2D eigenvalue weighted by Gasteiger charge is 2.29. The summed E-state index contributed by atoms with van der Waals surface area (Å²) in [5, 5.41) is 13.9. The van der Waals surface area contributed by atoms with Gasteiger partial charge in [0.2, 0.25) is 0 Å². The minimum absolute atomic E-state index is 0.0588. The van der Waals surface area contributed by atoms with E-state index in [1.807, 2.05) is 0 Å². The van der Waals surface area contributed by atoms with Crippen LogP contribution in [0.4, 0.5) is 13.2 Å². The number of nitrogens with zero attached hydrogens (tertiary/aromatic N) is 2. The Morgan fingerprint density at radius 3 is 2.47 bits per heavy atom. The molecule has 1 heterocycles. The molecule has 1 aromatic rings. The number of aromatic nitrogens is 2. The summed E-state index contributed by atoms with van der Waals surface area (Å²) in [6.07, 6.45) is -1.26. The van der Waals surface area contributed by atoms with Gasteiger partial charge >= 0.3 is 6.18 Å². The van der Waals surface area contributed by atoms with Crippen LogP contribution < -0.4 is 0 Å². The topological polar surface area (TPSA) is 38.0 Å². The molecule has 6 heteroatoms. The van der Waals surface area contributed by atoms with Gasteiger partial charge in [0.1, 0.15) is 0 Å². The zero-order valence-electron chi connectivity index (χ0n) is 9.96. The number of rotatable bonds is 5. The number of aryl methyl sites for hydroxylation is 1. The Labute approximate surface area is 98.2 Å². The van der Waals surface area contributed by atoms with Crippen molar-refractivity contribution < 1.29 is 18.3 Å². The Morgan fingerprint density at radius 1 is 1.35 bits per heavy atom. The summed E-state index contributed by atoms with van der Waals surface area (Å²) in [5.41, 5.74) is -0.293. The quantitative estimate of drug-likeness (QED) is 0.871. The zero-order chi connectivity index (χ0) is 13.1. The van der Waals surface area contributed by atoms with Gasteiger partial charge < -0.3 is 5.11 Å². The van der Waals surface area contributed by atoms with Gasteiger partial charge in [-0.25, -0.2) is 0 Å². The van der Waals surface area contributed by atoms with Crippen LogP contribution in [0.25, 0.3) is 0 Å². The Kier molecular flexibility index (Phi) is 4.19. The largest absolute Gasteiger partial charge is 0.390 e. The van der Waals surface area contributed by atoms with Gasteiger partial charge in [-0.15, -0.1) is 0 Å². The Bertz CT molecular complexity index is 358. The third-order valence-corrected chi connectivity index (χ3v) is 2.52. The molecule has 0 radical (unpaired) electrons. The zero-order valence-corrected chi connectivity index (χ0v) is 9.96. The smallest absolute Gasteiger partial charge is 0.389 e. The number of alkyl halides is 3. The Balaban J connectivity index is 2.41. The van der Waals surface area contributed by atoms with Crippen molar-refractivity contribution in [2.45, 2.75) is 44.4 Å². The highest BCUT2D eigenvalue weighted by molar-refractivity contribution is 5.07. The summed E-state index contributed by atoms with van der Waals surface area (Å²) < 4.78 is 37.5. The molecule has 17 heavy (non-hydrogen) atoms. The van der Waals surface area contributed by atoms with E-state index in [0.29, 0.717) is 6.42 Å². The minimum atomic E-state index is -4.15. The second-order valence-corrected chi connectivity index (χ2v) is 4.66. The summed E-state index contributed by atoms with van der Waals surface area (Å²) in [7, 11) is 1.75. The maximum Gasteiger partial charge on any atom is 0.389 e. The molecule has 0 bridgehead atoms. The molecule has 0 saturated heterocycles. The maximum absolute atomic E-state index is 12.0. The van der Waals surface area contributed by atoms with Gasteiger partial charge in [0.15, 0.2) is 0 Å². The summed E-state index contributed by atoms with van der Waals surface area (Å²) in [4.78, 5) is 0. The first-order valence-corrected chi connectivity index (χ1v) is 5.45. The molecule has 0 aromatic carbocycles. The number of hydrogen-bond acceptors (Lipinski definition) is 2. The molecule has 0 aliphatic rings. The first kappa shape index (κ1) is 14.0. The van der Waals surface area contributed by atoms with Crippen molar-refractivity contribution in [1.82, 2.24) is 9.78 Å². The van der Waals surface area contributed by atoms with E-state index in [2.05, 4.69) is 5.10 Å². The minimum Gasteiger partial charge on any atom is -0.390 e. The predicted molar refractivity (Wildman–Crippen MR) is 57.4 cm³/mol. The average Bonchev–Trinajstić information content (AvgIpc) is 2.47. The van der Waals surface area contributed by atoms with Crippen molar-refractivity contribution >= 4 is 0 Å². The summed E-state index contributed by atoms with van der Waals surface area (Å²) in [6.45, 7) is 1.55. The number of aliphatic hydroxyl groups is 1. The first-order chi connectivity index (χ1) is 7.68. The van der Waals surface area contributed by atoms with Crippen LogP contribution in [0.3, 0.4) is 0 Å².